The van der Waals surface area contributed by atoms with Crippen molar-refractivity contribution < 1.29 is 14.3 Å². The maximum absolute atomic E-state index is 11.0. The van der Waals surface area contributed by atoms with Crippen LogP contribution in [0.1, 0.15) is 19.8 Å². The highest BCUT2D eigenvalue weighted by Gasteiger charge is 2.17. The Hall–Kier alpha value is -1.32. The Labute approximate surface area is 70.6 Å². The second-order valence-corrected chi connectivity index (χ2v) is 2.53. The third-order valence-electron chi connectivity index (χ3n) is 1.43. The van der Waals surface area contributed by atoms with Crippen molar-refractivity contribution in [1.29, 1.82) is 0 Å². The molecule has 1 aliphatic heterocycles. The maximum Gasteiger partial charge on any atom is 0.332 e. The molecule has 0 aromatic heterocycles. The summed E-state index contributed by atoms with van der Waals surface area (Å²) in [6, 6.07) is 0. The molecule has 0 spiro atoms. The SMILES string of the molecule is CCCC(=O)NC1C=CC(=O)O1. The molecule has 0 saturated carbocycles. The minimum atomic E-state index is -0.559. The fraction of sp³-hybridized carbons (Fsp3) is 0.500. The third kappa shape index (κ3) is 2.38. The maximum atomic E-state index is 11.0. The van der Waals surface area contributed by atoms with E-state index in [2.05, 4.69) is 5.32 Å². The molecule has 1 atom stereocenters. The van der Waals surface area contributed by atoms with Gasteiger partial charge in [0.15, 0.2) is 6.23 Å². The molecule has 0 bridgehead atoms. The fourth-order valence-corrected chi connectivity index (χ4v) is 0.905. The molecule has 1 unspecified atom stereocenters. The second-order valence-electron chi connectivity index (χ2n) is 2.53. The predicted molar refractivity (Wildman–Crippen MR) is 42.1 cm³/mol. The van der Waals surface area contributed by atoms with Crippen LogP contribution in [0.25, 0.3) is 0 Å². The first-order chi connectivity index (χ1) is 5.72. The smallest absolute Gasteiger partial charge is 0.332 e. The van der Waals surface area contributed by atoms with Gasteiger partial charge >= 0.3 is 5.97 Å². The zero-order valence-corrected chi connectivity index (χ0v) is 6.87. The summed E-state index contributed by atoms with van der Waals surface area (Å²) in [7, 11) is 0. The molecule has 12 heavy (non-hydrogen) atoms. The molecule has 0 fully saturated rings. The quantitative estimate of drug-likeness (QED) is 0.620. The standard InChI is InChI=1S/C8H11NO3/c1-2-3-6(10)9-7-4-5-8(11)12-7/h4-5,7H,2-3H2,1H3,(H,9,10). The Bertz CT molecular complexity index is 222. The second kappa shape index (κ2) is 3.90. The largest absolute Gasteiger partial charge is 0.435 e. The van der Waals surface area contributed by atoms with Crippen LogP contribution in [0.4, 0.5) is 0 Å². The normalized spacial score (nSPS) is 20.8. The Morgan fingerprint density at radius 2 is 2.50 bits per heavy atom. The van der Waals surface area contributed by atoms with E-state index in [-0.39, 0.29) is 5.91 Å². The van der Waals surface area contributed by atoms with E-state index in [1.54, 1.807) is 0 Å². The first kappa shape index (κ1) is 8.77. The minimum absolute atomic E-state index is 0.0955. The number of rotatable bonds is 3. The number of hydrogen-bond acceptors (Lipinski definition) is 3. The molecule has 0 aromatic carbocycles. The van der Waals surface area contributed by atoms with Gasteiger partial charge in [0, 0.05) is 12.5 Å². The summed E-state index contributed by atoms with van der Waals surface area (Å²) in [6.45, 7) is 1.91. The summed E-state index contributed by atoms with van der Waals surface area (Å²) >= 11 is 0. The summed E-state index contributed by atoms with van der Waals surface area (Å²) in [6.07, 6.45) is 3.52. The van der Waals surface area contributed by atoms with E-state index in [0.717, 1.165) is 6.42 Å². The van der Waals surface area contributed by atoms with Crippen LogP contribution in [0, 0.1) is 0 Å². The molecule has 66 valence electrons. The van der Waals surface area contributed by atoms with E-state index in [1.807, 2.05) is 6.92 Å². The summed E-state index contributed by atoms with van der Waals surface area (Å²) in [5.74, 6) is -0.501. The van der Waals surface area contributed by atoms with Crippen LogP contribution in [0.3, 0.4) is 0 Å². The molecule has 1 amide bonds. The number of nitrogens with one attached hydrogen (secondary N) is 1. The molecule has 4 nitrogen and oxygen atoms in total. The lowest BCUT2D eigenvalue weighted by molar-refractivity contribution is -0.141. The molecule has 0 saturated heterocycles. The predicted octanol–water partition coefficient (Wildman–Crippen LogP) is 0.342. The summed E-state index contributed by atoms with van der Waals surface area (Å²) in [5, 5.41) is 2.54. The van der Waals surface area contributed by atoms with Crippen LogP contribution in [-0.4, -0.2) is 18.1 Å². The lowest BCUT2D eigenvalue weighted by Gasteiger charge is -2.09. The van der Waals surface area contributed by atoms with Crippen molar-refractivity contribution >= 4 is 11.9 Å². The van der Waals surface area contributed by atoms with Crippen LogP contribution in [0.15, 0.2) is 12.2 Å². The molecule has 1 heterocycles. The molecular weight excluding hydrogens is 158 g/mol. The molecule has 4 heteroatoms. The van der Waals surface area contributed by atoms with Gasteiger partial charge in [-0.2, -0.15) is 0 Å². The molecule has 1 rings (SSSR count). The highest BCUT2D eigenvalue weighted by Crippen LogP contribution is 2.01. The first-order valence-corrected chi connectivity index (χ1v) is 3.90. The van der Waals surface area contributed by atoms with E-state index < -0.39 is 12.2 Å². The van der Waals surface area contributed by atoms with Crippen molar-refractivity contribution in [2.75, 3.05) is 0 Å². The highest BCUT2D eigenvalue weighted by molar-refractivity contribution is 5.85. The molecule has 1 N–H and O–H groups in total. The number of carbonyl (C=O) groups is 2. The van der Waals surface area contributed by atoms with Crippen LogP contribution >= 0.6 is 0 Å². The van der Waals surface area contributed by atoms with E-state index in [9.17, 15) is 9.59 Å². The zero-order chi connectivity index (χ0) is 8.97. The molecular formula is C8H11NO3. The Kier molecular flexibility index (Phi) is 2.85. The number of esters is 1. The lowest BCUT2D eigenvalue weighted by Crippen LogP contribution is -2.33. The average Bonchev–Trinajstić information content (AvgIpc) is 2.36. The molecule has 0 aromatic rings. The average molecular weight is 169 g/mol. The first-order valence-electron chi connectivity index (χ1n) is 3.90. The molecule has 1 aliphatic rings. The fourth-order valence-electron chi connectivity index (χ4n) is 0.905. The van der Waals surface area contributed by atoms with Gasteiger partial charge < -0.3 is 10.1 Å². The van der Waals surface area contributed by atoms with Gasteiger partial charge in [-0.3, -0.25) is 4.79 Å². The molecule has 0 aliphatic carbocycles. The van der Waals surface area contributed by atoms with Crippen LogP contribution < -0.4 is 5.32 Å². The van der Waals surface area contributed by atoms with Gasteiger partial charge in [-0.1, -0.05) is 6.92 Å². The number of hydrogen-bond donors (Lipinski definition) is 1. The van der Waals surface area contributed by atoms with Gasteiger partial charge in [0.2, 0.25) is 5.91 Å². The van der Waals surface area contributed by atoms with Crippen LogP contribution in [-0.2, 0) is 14.3 Å². The highest BCUT2D eigenvalue weighted by atomic mass is 16.6. The Morgan fingerprint density at radius 1 is 1.75 bits per heavy atom. The van der Waals surface area contributed by atoms with Crippen molar-refractivity contribution in [2.45, 2.75) is 26.0 Å². The van der Waals surface area contributed by atoms with E-state index in [4.69, 9.17) is 4.74 Å². The van der Waals surface area contributed by atoms with Crippen molar-refractivity contribution in [3.63, 3.8) is 0 Å². The Balaban J connectivity index is 2.28. The number of amides is 1. The van der Waals surface area contributed by atoms with Crippen molar-refractivity contribution in [3.05, 3.63) is 12.2 Å². The van der Waals surface area contributed by atoms with Crippen molar-refractivity contribution in [2.24, 2.45) is 0 Å². The van der Waals surface area contributed by atoms with Gasteiger partial charge in [0.25, 0.3) is 0 Å². The third-order valence-corrected chi connectivity index (χ3v) is 1.43. The van der Waals surface area contributed by atoms with E-state index in [1.165, 1.54) is 12.2 Å². The van der Waals surface area contributed by atoms with Crippen LogP contribution in [0.2, 0.25) is 0 Å². The number of carbonyl (C=O) groups excluding carboxylic acids is 2. The van der Waals surface area contributed by atoms with Crippen molar-refractivity contribution in [1.82, 2.24) is 5.32 Å². The number of ether oxygens (including phenoxy) is 1. The topological polar surface area (TPSA) is 55.4 Å². The monoisotopic (exact) mass is 169 g/mol. The Morgan fingerprint density at radius 3 is 3.00 bits per heavy atom. The van der Waals surface area contributed by atoms with E-state index >= 15 is 0 Å². The van der Waals surface area contributed by atoms with Gasteiger partial charge in [-0.05, 0) is 12.5 Å². The lowest BCUT2D eigenvalue weighted by atomic mass is 10.3. The van der Waals surface area contributed by atoms with Crippen LogP contribution in [0.5, 0.6) is 0 Å². The van der Waals surface area contributed by atoms with Gasteiger partial charge in [0.1, 0.15) is 0 Å². The van der Waals surface area contributed by atoms with Gasteiger partial charge in [-0.25, -0.2) is 4.79 Å². The van der Waals surface area contributed by atoms with Gasteiger partial charge in [0.05, 0.1) is 0 Å². The van der Waals surface area contributed by atoms with Gasteiger partial charge in [-0.15, -0.1) is 0 Å². The minimum Gasteiger partial charge on any atom is -0.435 e. The summed E-state index contributed by atoms with van der Waals surface area (Å²) < 4.78 is 4.70. The van der Waals surface area contributed by atoms with Crippen molar-refractivity contribution in [3.8, 4) is 0 Å². The summed E-state index contributed by atoms with van der Waals surface area (Å²) in [5.41, 5.74) is 0. The number of cyclic esters (lactones) is 1. The zero-order valence-electron chi connectivity index (χ0n) is 6.87. The molecule has 0 radical (unpaired) electrons. The summed E-state index contributed by atoms with van der Waals surface area (Å²) in [4.78, 5) is 21.5. The van der Waals surface area contributed by atoms with E-state index in [0.29, 0.717) is 6.42 Å².